The molecular formula is C13H18N2O. The molecule has 0 aromatic heterocycles. The summed E-state index contributed by atoms with van der Waals surface area (Å²) in [4.78, 5) is 13.3. The minimum Gasteiger partial charge on any atom is -0.315 e. The van der Waals surface area contributed by atoms with Crippen molar-refractivity contribution in [3.05, 3.63) is 29.3 Å². The van der Waals surface area contributed by atoms with Crippen LogP contribution in [0.25, 0.3) is 0 Å². The Hall–Kier alpha value is -1.35. The fourth-order valence-electron chi connectivity index (χ4n) is 2.09. The quantitative estimate of drug-likeness (QED) is 0.837. The molecule has 1 amide bonds. The average molecular weight is 218 g/mol. The van der Waals surface area contributed by atoms with Crippen molar-refractivity contribution >= 4 is 11.6 Å². The molecule has 3 heteroatoms. The molecule has 86 valence electrons. The minimum absolute atomic E-state index is 0.215. The van der Waals surface area contributed by atoms with Gasteiger partial charge in [0.15, 0.2) is 0 Å². The van der Waals surface area contributed by atoms with Crippen LogP contribution < -0.4 is 10.2 Å². The Bertz CT molecular complexity index is 401. The van der Waals surface area contributed by atoms with E-state index in [0.29, 0.717) is 6.42 Å². The summed E-state index contributed by atoms with van der Waals surface area (Å²) >= 11 is 0. The molecule has 0 unspecified atom stereocenters. The zero-order valence-electron chi connectivity index (χ0n) is 9.92. The average Bonchev–Trinajstić information content (AvgIpc) is 2.31. The Labute approximate surface area is 96.5 Å². The number of nitrogens with zero attached hydrogens (tertiary/aromatic N) is 1. The van der Waals surface area contributed by atoms with E-state index in [-0.39, 0.29) is 5.91 Å². The van der Waals surface area contributed by atoms with Gasteiger partial charge in [-0.2, -0.15) is 0 Å². The van der Waals surface area contributed by atoms with Gasteiger partial charge in [-0.3, -0.25) is 4.79 Å². The maximum absolute atomic E-state index is 11.5. The van der Waals surface area contributed by atoms with E-state index in [9.17, 15) is 4.79 Å². The molecule has 0 bridgehead atoms. The predicted molar refractivity (Wildman–Crippen MR) is 65.6 cm³/mol. The summed E-state index contributed by atoms with van der Waals surface area (Å²) in [7, 11) is 1.85. The van der Waals surface area contributed by atoms with Crippen molar-refractivity contribution in [2.24, 2.45) is 0 Å². The first-order valence-corrected chi connectivity index (χ1v) is 5.81. The monoisotopic (exact) mass is 218 g/mol. The predicted octanol–water partition coefficient (Wildman–Crippen LogP) is 1.71. The fraction of sp³-hybridized carbons (Fsp3) is 0.462. The van der Waals surface area contributed by atoms with E-state index in [4.69, 9.17) is 0 Å². The summed E-state index contributed by atoms with van der Waals surface area (Å²) in [5, 5.41) is 3.31. The Kier molecular flexibility index (Phi) is 3.25. The van der Waals surface area contributed by atoms with Crippen molar-refractivity contribution in [1.29, 1.82) is 0 Å². The zero-order valence-corrected chi connectivity index (χ0v) is 9.92. The highest BCUT2D eigenvalue weighted by molar-refractivity contribution is 5.95. The van der Waals surface area contributed by atoms with Gasteiger partial charge in [-0.15, -0.1) is 0 Å². The van der Waals surface area contributed by atoms with Gasteiger partial charge in [0.05, 0.1) is 0 Å². The molecule has 0 spiro atoms. The molecular weight excluding hydrogens is 200 g/mol. The van der Waals surface area contributed by atoms with Gasteiger partial charge in [0.2, 0.25) is 5.91 Å². The van der Waals surface area contributed by atoms with Crippen LogP contribution in [-0.4, -0.2) is 19.5 Å². The van der Waals surface area contributed by atoms with Gasteiger partial charge in [-0.05, 0) is 30.2 Å². The van der Waals surface area contributed by atoms with Crippen LogP contribution in [0.15, 0.2) is 18.2 Å². The molecule has 2 rings (SSSR count). The van der Waals surface area contributed by atoms with Gasteiger partial charge < -0.3 is 10.2 Å². The molecule has 1 aromatic carbocycles. The van der Waals surface area contributed by atoms with Crippen molar-refractivity contribution in [3.63, 3.8) is 0 Å². The van der Waals surface area contributed by atoms with Crippen molar-refractivity contribution < 1.29 is 4.79 Å². The summed E-state index contributed by atoms with van der Waals surface area (Å²) < 4.78 is 0. The second-order valence-corrected chi connectivity index (χ2v) is 4.20. The molecule has 0 aliphatic carbocycles. The molecule has 1 N–H and O–H groups in total. The third-order valence-electron chi connectivity index (χ3n) is 3.07. The van der Waals surface area contributed by atoms with E-state index in [2.05, 4.69) is 30.4 Å². The van der Waals surface area contributed by atoms with Crippen molar-refractivity contribution in [2.75, 3.05) is 18.5 Å². The van der Waals surface area contributed by atoms with Crippen molar-refractivity contribution in [2.45, 2.75) is 26.3 Å². The molecule has 1 aliphatic rings. The van der Waals surface area contributed by atoms with E-state index in [1.807, 2.05) is 7.05 Å². The first-order chi connectivity index (χ1) is 7.72. The summed E-state index contributed by atoms with van der Waals surface area (Å²) in [5.41, 5.74) is 3.65. The van der Waals surface area contributed by atoms with Crippen LogP contribution in [-0.2, 0) is 17.8 Å². The fourth-order valence-corrected chi connectivity index (χ4v) is 2.09. The molecule has 0 radical (unpaired) electrons. The molecule has 1 heterocycles. The number of hydrogen-bond donors (Lipinski definition) is 1. The Morgan fingerprint density at radius 3 is 2.94 bits per heavy atom. The summed E-state index contributed by atoms with van der Waals surface area (Å²) in [6, 6.07) is 6.36. The van der Waals surface area contributed by atoms with Gasteiger partial charge in [0.25, 0.3) is 0 Å². The Morgan fingerprint density at radius 1 is 1.38 bits per heavy atom. The number of aryl methyl sites for hydroxylation is 1. The van der Waals surface area contributed by atoms with Crippen LogP contribution >= 0.6 is 0 Å². The zero-order chi connectivity index (χ0) is 11.5. The molecule has 0 fully saturated rings. The van der Waals surface area contributed by atoms with Gasteiger partial charge in [-0.1, -0.05) is 19.1 Å². The van der Waals surface area contributed by atoms with E-state index >= 15 is 0 Å². The second kappa shape index (κ2) is 4.66. The molecule has 16 heavy (non-hydrogen) atoms. The number of carbonyl (C=O) groups is 1. The molecule has 3 nitrogen and oxygen atoms in total. The van der Waals surface area contributed by atoms with Crippen LogP contribution in [0, 0.1) is 0 Å². The number of anilines is 1. The highest BCUT2D eigenvalue weighted by Crippen LogP contribution is 2.27. The van der Waals surface area contributed by atoms with Gasteiger partial charge in [-0.25, -0.2) is 0 Å². The van der Waals surface area contributed by atoms with E-state index < -0.39 is 0 Å². The summed E-state index contributed by atoms with van der Waals surface area (Å²) in [5.74, 6) is 0.215. The number of rotatable bonds is 3. The lowest BCUT2D eigenvalue weighted by atomic mass is 9.99. The Balaban J connectivity index is 2.23. The number of carbonyl (C=O) groups excluding carboxylic acids is 1. The molecule has 1 aromatic rings. The summed E-state index contributed by atoms with van der Waals surface area (Å²) in [6.07, 6.45) is 1.51. The number of nitrogens with one attached hydrogen (secondary N) is 1. The van der Waals surface area contributed by atoms with Crippen molar-refractivity contribution in [1.82, 2.24) is 5.32 Å². The van der Waals surface area contributed by atoms with E-state index in [1.54, 1.807) is 4.90 Å². The largest absolute Gasteiger partial charge is 0.315 e. The first kappa shape index (κ1) is 11.1. The molecule has 0 saturated carbocycles. The lowest BCUT2D eigenvalue weighted by Crippen LogP contribution is -2.31. The lowest BCUT2D eigenvalue weighted by molar-refractivity contribution is -0.118. The highest BCUT2D eigenvalue weighted by atomic mass is 16.2. The number of amides is 1. The number of hydrogen-bond acceptors (Lipinski definition) is 2. The van der Waals surface area contributed by atoms with Gasteiger partial charge in [0.1, 0.15) is 0 Å². The first-order valence-electron chi connectivity index (χ1n) is 5.81. The van der Waals surface area contributed by atoms with Crippen molar-refractivity contribution in [3.8, 4) is 0 Å². The standard InChI is InChI=1S/C13H18N2O/c1-3-14-9-10-4-6-12-11(8-10)5-7-13(16)15(12)2/h4,6,8,14H,3,5,7,9H2,1-2H3. The number of fused-ring (bicyclic) bond motifs is 1. The van der Waals surface area contributed by atoms with Crippen LogP contribution in [0.3, 0.4) is 0 Å². The topological polar surface area (TPSA) is 32.3 Å². The second-order valence-electron chi connectivity index (χ2n) is 4.20. The third-order valence-corrected chi connectivity index (χ3v) is 3.07. The van der Waals surface area contributed by atoms with E-state index in [0.717, 1.165) is 25.2 Å². The Morgan fingerprint density at radius 2 is 2.19 bits per heavy atom. The van der Waals surface area contributed by atoms with Gasteiger partial charge in [0, 0.05) is 25.7 Å². The lowest BCUT2D eigenvalue weighted by Gasteiger charge is -2.26. The van der Waals surface area contributed by atoms with Gasteiger partial charge >= 0.3 is 0 Å². The van der Waals surface area contributed by atoms with Crippen LogP contribution in [0.4, 0.5) is 5.69 Å². The summed E-state index contributed by atoms with van der Waals surface area (Å²) in [6.45, 7) is 3.99. The van der Waals surface area contributed by atoms with Crippen LogP contribution in [0.5, 0.6) is 0 Å². The maximum Gasteiger partial charge on any atom is 0.227 e. The highest BCUT2D eigenvalue weighted by Gasteiger charge is 2.20. The minimum atomic E-state index is 0.215. The number of benzene rings is 1. The third kappa shape index (κ3) is 2.09. The van der Waals surface area contributed by atoms with Crippen LogP contribution in [0.1, 0.15) is 24.5 Å². The smallest absolute Gasteiger partial charge is 0.227 e. The molecule has 0 atom stereocenters. The molecule has 1 aliphatic heterocycles. The normalized spacial score (nSPS) is 15.1. The SMILES string of the molecule is CCNCc1ccc2c(c1)CCC(=O)N2C. The van der Waals surface area contributed by atoms with E-state index in [1.165, 1.54) is 11.1 Å². The maximum atomic E-state index is 11.5. The van der Waals surface area contributed by atoms with Crippen LogP contribution in [0.2, 0.25) is 0 Å². The molecule has 0 saturated heterocycles.